The molecule has 0 unspecified atom stereocenters. The number of hydrogen-bond donors (Lipinski definition) is 1. The van der Waals surface area contributed by atoms with E-state index in [2.05, 4.69) is 26.5 Å². The number of hydrogen-bond acceptors (Lipinski definition) is 4. The zero-order valence-electron chi connectivity index (χ0n) is 15.1. The first-order chi connectivity index (χ1) is 13.3. The van der Waals surface area contributed by atoms with Gasteiger partial charge in [-0.1, -0.05) is 58.4 Å². The first-order valence-electron chi connectivity index (χ1n) is 8.60. The summed E-state index contributed by atoms with van der Waals surface area (Å²) in [7, 11) is 1.67. The second-order valence-corrected chi connectivity index (χ2v) is 6.77. The number of halogens is 1. The van der Waals surface area contributed by atoms with E-state index in [4.69, 9.17) is 9.47 Å². The smallest absolute Gasteiger partial charge is 0.128 e. The highest BCUT2D eigenvalue weighted by atomic mass is 79.9. The van der Waals surface area contributed by atoms with Crippen molar-refractivity contribution in [1.29, 1.82) is 0 Å². The van der Waals surface area contributed by atoms with Crippen molar-refractivity contribution >= 4 is 22.1 Å². The molecule has 4 nitrogen and oxygen atoms in total. The lowest BCUT2D eigenvalue weighted by atomic mass is 10.2. The first kappa shape index (κ1) is 19.0. The highest BCUT2D eigenvalue weighted by Gasteiger charge is 2.02. The minimum Gasteiger partial charge on any atom is -0.496 e. The second-order valence-electron chi connectivity index (χ2n) is 5.86. The zero-order chi connectivity index (χ0) is 18.9. The fourth-order valence-corrected chi connectivity index (χ4v) is 2.82. The quantitative estimate of drug-likeness (QED) is 0.401. The molecular weight excluding hydrogens is 404 g/mol. The van der Waals surface area contributed by atoms with E-state index in [0.29, 0.717) is 13.2 Å². The zero-order valence-corrected chi connectivity index (χ0v) is 16.6. The SMILES string of the molecule is COc1ccccc1CN/N=C/c1ccccc1OCc1ccc(Br)cc1. The highest BCUT2D eigenvalue weighted by Crippen LogP contribution is 2.19. The lowest BCUT2D eigenvalue weighted by Crippen LogP contribution is -2.07. The van der Waals surface area contributed by atoms with Crippen LogP contribution in [-0.2, 0) is 13.2 Å². The van der Waals surface area contributed by atoms with Crippen LogP contribution in [-0.4, -0.2) is 13.3 Å². The van der Waals surface area contributed by atoms with Gasteiger partial charge in [-0.05, 0) is 35.9 Å². The average Bonchev–Trinajstić information content (AvgIpc) is 2.72. The molecule has 138 valence electrons. The number of nitrogens with zero attached hydrogens (tertiary/aromatic N) is 1. The molecule has 0 aromatic heterocycles. The molecule has 0 aliphatic heterocycles. The van der Waals surface area contributed by atoms with Crippen LogP contribution in [0.15, 0.2) is 82.4 Å². The molecular formula is C22H21BrN2O2. The van der Waals surface area contributed by atoms with Crippen LogP contribution < -0.4 is 14.9 Å². The molecule has 0 atom stereocenters. The Morgan fingerprint density at radius 2 is 1.63 bits per heavy atom. The number of hydrazone groups is 1. The van der Waals surface area contributed by atoms with Gasteiger partial charge in [0.15, 0.2) is 0 Å². The second kappa shape index (κ2) is 9.78. The van der Waals surface area contributed by atoms with Crippen LogP contribution in [0.5, 0.6) is 11.5 Å². The van der Waals surface area contributed by atoms with Gasteiger partial charge in [0.1, 0.15) is 18.1 Å². The Morgan fingerprint density at radius 3 is 2.41 bits per heavy atom. The van der Waals surface area contributed by atoms with Crippen LogP contribution in [0.4, 0.5) is 0 Å². The van der Waals surface area contributed by atoms with Crippen LogP contribution in [0.3, 0.4) is 0 Å². The van der Waals surface area contributed by atoms with E-state index >= 15 is 0 Å². The molecule has 0 fully saturated rings. The van der Waals surface area contributed by atoms with Crippen LogP contribution in [0.25, 0.3) is 0 Å². The standard InChI is InChI=1S/C22H21BrN2O2/c1-26-21-8-4-2-6-18(21)14-24-25-15-19-7-3-5-9-22(19)27-16-17-10-12-20(23)13-11-17/h2-13,15,24H,14,16H2,1H3/b25-15+. The summed E-state index contributed by atoms with van der Waals surface area (Å²) in [6.07, 6.45) is 1.77. The number of benzene rings is 3. The predicted molar refractivity (Wildman–Crippen MR) is 112 cm³/mol. The maximum absolute atomic E-state index is 5.96. The van der Waals surface area contributed by atoms with Gasteiger partial charge < -0.3 is 14.9 Å². The molecule has 1 N–H and O–H groups in total. The van der Waals surface area contributed by atoms with Crippen LogP contribution in [0, 0.1) is 0 Å². The van der Waals surface area contributed by atoms with E-state index in [1.807, 2.05) is 72.8 Å². The Kier molecular flexibility index (Phi) is 6.88. The lowest BCUT2D eigenvalue weighted by molar-refractivity contribution is 0.306. The van der Waals surface area contributed by atoms with Gasteiger partial charge in [-0.3, -0.25) is 0 Å². The molecule has 3 aromatic rings. The Hall–Kier alpha value is -2.79. The van der Waals surface area contributed by atoms with E-state index in [9.17, 15) is 0 Å². The fraction of sp³-hybridized carbons (Fsp3) is 0.136. The van der Waals surface area contributed by atoms with E-state index in [1.54, 1.807) is 13.3 Å². The summed E-state index contributed by atoms with van der Waals surface area (Å²) in [4.78, 5) is 0. The van der Waals surface area contributed by atoms with Crippen molar-refractivity contribution in [3.05, 3.63) is 94.0 Å². The monoisotopic (exact) mass is 424 g/mol. The summed E-state index contributed by atoms with van der Waals surface area (Å²) < 4.78 is 12.4. The van der Waals surface area contributed by atoms with Crippen molar-refractivity contribution in [2.45, 2.75) is 13.2 Å². The maximum Gasteiger partial charge on any atom is 0.128 e. The summed E-state index contributed by atoms with van der Waals surface area (Å²) >= 11 is 3.44. The van der Waals surface area contributed by atoms with Crippen molar-refractivity contribution in [2.24, 2.45) is 5.10 Å². The molecule has 0 amide bonds. The van der Waals surface area contributed by atoms with Gasteiger partial charge in [0.05, 0.1) is 19.9 Å². The van der Waals surface area contributed by atoms with E-state index in [1.165, 1.54) is 0 Å². The van der Waals surface area contributed by atoms with Crippen molar-refractivity contribution in [3.8, 4) is 11.5 Å². The highest BCUT2D eigenvalue weighted by molar-refractivity contribution is 9.10. The predicted octanol–water partition coefficient (Wildman–Crippen LogP) is 5.16. The molecule has 0 aliphatic rings. The molecule has 0 spiro atoms. The number of ether oxygens (including phenoxy) is 2. The molecule has 3 aromatic carbocycles. The fourth-order valence-electron chi connectivity index (χ4n) is 2.56. The van der Waals surface area contributed by atoms with Crippen molar-refractivity contribution in [1.82, 2.24) is 5.43 Å². The number of rotatable bonds is 8. The third-order valence-corrected chi connectivity index (χ3v) is 4.51. The third kappa shape index (κ3) is 5.59. The molecule has 0 aliphatic carbocycles. The largest absolute Gasteiger partial charge is 0.496 e. The van der Waals surface area contributed by atoms with E-state index in [0.717, 1.165) is 32.7 Å². The van der Waals surface area contributed by atoms with Gasteiger partial charge in [-0.15, -0.1) is 0 Å². The van der Waals surface area contributed by atoms with Gasteiger partial charge in [-0.25, -0.2) is 0 Å². The lowest BCUT2D eigenvalue weighted by Gasteiger charge is -2.10. The molecule has 5 heteroatoms. The van der Waals surface area contributed by atoms with E-state index < -0.39 is 0 Å². The van der Waals surface area contributed by atoms with Crippen LogP contribution in [0.2, 0.25) is 0 Å². The summed E-state index contributed by atoms with van der Waals surface area (Å²) in [6.45, 7) is 1.09. The third-order valence-electron chi connectivity index (χ3n) is 3.98. The summed E-state index contributed by atoms with van der Waals surface area (Å²) in [6, 6.07) is 23.8. The Balaban J connectivity index is 1.60. The van der Waals surface area contributed by atoms with Gasteiger partial charge in [0.2, 0.25) is 0 Å². The molecule has 0 saturated carbocycles. The minimum atomic E-state index is 0.507. The van der Waals surface area contributed by atoms with Gasteiger partial charge in [0.25, 0.3) is 0 Å². The van der Waals surface area contributed by atoms with Crippen molar-refractivity contribution < 1.29 is 9.47 Å². The molecule has 0 heterocycles. The first-order valence-corrected chi connectivity index (χ1v) is 9.39. The minimum absolute atomic E-state index is 0.507. The molecule has 3 rings (SSSR count). The molecule has 0 radical (unpaired) electrons. The number of methoxy groups -OCH3 is 1. The topological polar surface area (TPSA) is 42.8 Å². The molecule has 27 heavy (non-hydrogen) atoms. The van der Waals surface area contributed by atoms with Crippen molar-refractivity contribution in [3.63, 3.8) is 0 Å². The normalized spacial score (nSPS) is 10.7. The molecule has 0 saturated heterocycles. The van der Waals surface area contributed by atoms with Crippen molar-refractivity contribution in [2.75, 3.05) is 7.11 Å². The summed E-state index contributed by atoms with van der Waals surface area (Å²) in [5, 5.41) is 4.32. The van der Waals surface area contributed by atoms with E-state index in [-0.39, 0.29) is 0 Å². The Labute approximate surface area is 168 Å². The Morgan fingerprint density at radius 1 is 0.926 bits per heavy atom. The average molecular weight is 425 g/mol. The van der Waals surface area contributed by atoms with Gasteiger partial charge in [-0.2, -0.15) is 5.10 Å². The maximum atomic E-state index is 5.96. The molecule has 0 bridgehead atoms. The number of para-hydroxylation sites is 2. The summed E-state index contributed by atoms with van der Waals surface area (Å²) in [5.74, 6) is 1.64. The Bertz CT molecular complexity index is 895. The van der Waals surface area contributed by atoms with Gasteiger partial charge >= 0.3 is 0 Å². The van der Waals surface area contributed by atoms with Gasteiger partial charge in [0, 0.05) is 15.6 Å². The van der Waals surface area contributed by atoms with Crippen LogP contribution >= 0.6 is 15.9 Å². The van der Waals surface area contributed by atoms with Crippen LogP contribution in [0.1, 0.15) is 16.7 Å². The number of nitrogens with one attached hydrogen (secondary N) is 1. The summed E-state index contributed by atoms with van der Waals surface area (Å²) in [5.41, 5.74) is 6.14.